The van der Waals surface area contributed by atoms with E-state index in [1.165, 1.54) is 37.3 Å². The zero-order valence-corrected chi connectivity index (χ0v) is 14.6. The third-order valence-electron chi connectivity index (χ3n) is 3.72. The van der Waals surface area contributed by atoms with Crippen LogP contribution in [0.4, 0.5) is 15.8 Å². The maximum atomic E-state index is 13.4. The van der Waals surface area contributed by atoms with Crippen LogP contribution in [0.15, 0.2) is 42.5 Å². The van der Waals surface area contributed by atoms with Crippen molar-refractivity contribution in [2.24, 2.45) is 0 Å². The number of carbonyl (C=O) groups excluding carboxylic acids is 2. The van der Waals surface area contributed by atoms with E-state index >= 15 is 0 Å². The molecule has 0 unspecified atom stereocenters. The van der Waals surface area contributed by atoms with Gasteiger partial charge in [-0.3, -0.25) is 19.7 Å². The van der Waals surface area contributed by atoms with Gasteiger partial charge in [-0.25, -0.2) is 4.79 Å². The van der Waals surface area contributed by atoms with Crippen molar-refractivity contribution in [2.75, 3.05) is 5.32 Å². The minimum atomic E-state index is -1.38. The summed E-state index contributed by atoms with van der Waals surface area (Å²) in [6.45, 7) is 1.33. The van der Waals surface area contributed by atoms with Crippen molar-refractivity contribution in [1.82, 2.24) is 5.32 Å². The first-order chi connectivity index (χ1) is 13.2. The molecule has 2 amide bonds. The molecule has 2 aromatic rings. The second-order valence-corrected chi connectivity index (χ2v) is 5.87. The molecular formula is C18H16FN3O6. The highest BCUT2D eigenvalue weighted by atomic mass is 19.1. The van der Waals surface area contributed by atoms with Crippen LogP contribution in [0.3, 0.4) is 0 Å². The first kappa shape index (κ1) is 20.5. The van der Waals surface area contributed by atoms with E-state index in [2.05, 4.69) is 10.6 Å². The number of benzene rings is 2. The van der Waals surface area contributed by atoms with E-state index in [1.807, 2.05) is 0 Å². The number of carboxylic acids is 1. The van der Waals surface area contributed by atoms with Crippen molar-refractivity contribution < 1.29 is 28.8 Å². The van der Waals surface area contributed by atoms with Crippen molar-refractivity contribution in [3.63, 3.8) is 0 Å². The van der Waals surface area contributed by atoms with Gasteiger partial charge in [0.2, 0.25) is 11.7 Å². The largest absolute Gasteiger partial charge is 0.480 e. The highest BCUT2D eigenvalue weighted by molar-refractivity contribution is 5.97. The number of nitro groups is 1. The van der Waals surface area contributed by atoms with Crippen molar-refractivity contribution >= 4 is 29.2 Å². The molecule has 3 N–H and O–H groups in total. The van der Waals surface area contributed by atoms with E-state index in [0.717, 1.165) is 12.1 Å². The Hall–Kier alpha value is -3.82. The monoisotopic (exact) mass is 389 g/mol. The van der Waals surface area contributed by atoms with Gasteiger partial charge in [-0.05, 0) is 35.9 Å². The van der Waals surface area contributed by atoms with E-state index in [4.69, 9.17) is 0 Å². The average Bonchev–Trinajstić information content (AvgIpc) is 2.62. The topological polar surface area (TPSA) is 139 Å². The van der Waals surface area contributed by atoms with Gasteiger partial charge in [-0.2, -0.15) is 4.39 Å². The van der Waals surface area contributed by atoms with Crippen molar-refractivity contribution in [1.29, 1.82) is 0 Å². The third-order valence-corrected chi connectivity index (χ3v) is 3.72. The second kappa shape index (κ2) is 8.71. The molecule has 0 fully saturated rings. The number of hydrogen-bond acceptors (Lipinski definition) is 5. The second-order valence-electron chi connectivity index (χ2n) is 5.87. The van der Waals surface area contributed by atoms with Crippen LogP contribution in [0.25, 0.3) is 0 Å². The predicted molar refractivity (Wildman–Crippen MR) is 96.4 cm³/mol. The zero-order chi connectivity index (χ0) is 20.8. The van der Waals surface area contributed by atoms with Gasteiger partial charge in [0, 0.05) is 30.7 Å². The van der Waals surface area contributed by atoms with E-state index in [9.17, 15) is 34.0 Å². The Morgan fingerprint density at radius 3 is 2.36 bits per heavy atom. The molecule has 1 atom stereocenters. The molecule has 0 saturated carbocycles. The van der Waals surface area contributed by atoms with Crippen LogP contribution in [0.1, 0.15) is 22.8 Å². The number of hydrogen-bond donors (Lipinski definition) is 3. The molecule has 0 aromatic heterocycles. The third kappa shape index (κ3) is 5.34. The summed E-state index contributed by atoms with van der Waals surface area (Å²) in [5.41, 5.74) is 0.0335. The fourth-order valence-corrected chi connectivity index (χ4v) is 2.41. The molecule has 0 aliphatic heterocycles. The normalized spacial score (nSPS) is 11.4. The van der Waals surface area contributed by atoms with Crippen LogP contribution >= 0.6 is 0 Å². The number of carbonyl (C=O) groups is 3. The van der Waals surface area contributed by atoms with Crippen LogP contribution in [-0.2, 0) is 16.0 Å². The number of nitrogens with zero attached hydrogens (tertiary/aromatic N) is 1. The van der Waals surface area contributed by atoms with Crippen molar-refractivity contribution in [3.8, 4) is 0 Å². The molecule has 146 valence electrons. The maximum Gasteiger partial charge on any atom is 0.326 e. The van der Waals surface area contributed by atoms with Gasteiger partial charge in [0.25, 0.3) is 5.91 Å². The van der Waals surface area contributed by atoms with Gasteiger partial charge in [0.15, 0.2) is 0 Å². The minimum Gasteiger partial charge on any atom is -0.480 e. The lowest BCUT2D eigenvalue weighted by atomic mass is 10.0. The lowest BCUT2D eigenvalue weighted by molar-refractivity contribution is -0.387. The summed E-state index contributed by atoms with van der Waals surface area (Å²) in [6, 6.07) is 7.41. The summed E-state index contributed by atoms with van der Waals surface area (Å²) in [6.07, 6.45) is -0.272. The quantitative estimate of drug-likeness (QED) is 0.490. The SMILES string of the molecule is CC(=O)Nc1ccc(C(=O)N[C@@H](Cc2ccc(F)c([N+](=O)[O-])c2)C(=O)O)cc1. The van der Waals surface area contributed by atoms with Gasteiger partial charge < -0.3 is 15.7 Å². The number of nitro benzene ring substituents is 1. The molecule has 9 nitrogen and oxygen atoms in total. The Bertz CT molecular complexity index is 929. The van der Waals surface area contributed by atoms with Gasteiger partial charge in [-0.15, -0.1) is 0 Å². The number of amides is 2. The Morgan fingerprint density at radius 1 is 1.18 bits per heavy atom. The Morgan fingerprint density at radius 2 is 1.82 bits per heavy atom. The Balaban J connectivity index is 2.13. The maximum absolute atomic E-state index is 13.4. The smallest absolute Gasteiger partial charge is 0.326 e. The molecule has 0 aliphatic rings. The molecule has 0 bridgehead atoms. The summed E-state index contributed by atoms with van der Waals surface area (Å²) < 4.78 is 13.4. The minimum absolute atomic E-state index is 0.158. The predicted octanol–water partition coefficient (Wildman–Crippen LogP) is 2.12. The standard InChI is InChI=1S/C18H16FN3O6/c1-10(23)20-13-5-3-12(4-6-13)17(24)21-15(18(25)26)8-11-2-7-14(19)16(9-11)22(27)28/h2-7,9,15H,8H2,1H3,(H,20,23)(H,21,24)(H,25,26)/t15-/m0/s1. The molecule has 0 radical (unpaired) electrons. The highest BCUT2D eigenvalue weighted by Crippen LogP contribution is 2.19. The number of anilines is 1. The molecule has 10 heteroatoms. The van der Waals surface area contributed by atoms with Crippen molar-refractivity contribution in [2.45, 2.75) is 19.4 Å². The van der Waals surface area contributed by atoms with Gasteiger partial charge in [-0.1, -0.05) is 6.07 Å². The highest BCUT2D eigenvalue weighted by Gasteiger charge is 2.23. The van der Waals surface area contributed by atoms with Crippen LogP contribution in [0, 0.1) is 15.9 Å². The molecule has 2 aromatic carbocycles. The van der Waals surface area contributed by atoms with E-state index in [0.29, 0.717) is 5.69 Å². The molecule has 2 rings (SSSR count). The number of carboxylic acid groups (broad SMARTS) is 1. The first-order valence-corrected chi connectivity index (χ1v) is 8.01. The van der Waals surface area contributed by atoms with E-state index in [1.54, 1.807) is 0 Å². The molecule has 0 saturated heterocycles. The van der Waals surface area contributed by atoms with Crippen LogP contribution in [0.2, 0.25) is 0 Å². The number of aliphatic carboxylic acids is 1. The Kier molecular flexibility index (Phi) is 6.38. The molecule has 0 aliphatic carbocycles. The lowest BCUT2D eigenvalue weighted by Gasteiger charge is -2.15. The number of halogens is 1. The lowest BCUT2D eigenvalue weighted by Crippen LogP contribution is -2.42. The summed E-state index contributed by atoms with van der Waals surface area (Å²) in [5.74, 6) is -3.35. The summed E-state index contributed by atoms with van der Waals surface area (Å²) in [4.78, 5) is 44.6. The summed E-state index contributed by atoms with van der Waals surface area (Å²) in [5, 5.41) is 25.0. The fraction of sp³-hybridized carbons (Fsp3) is 0.167. The summed E-state index contributed by atoms with van der Waals surface area (Å²) >= 11 is 0. The van der Waals surface area contributed by atoms with Gasteiger partial charge >= 0.3 is 11.7 Å². The van der Waals surface area contributed by atoms with Gasteiger partial charge in [0.1, 0.15) is 6.04 Å². The molecule has 0 heterocycles. The molecule has 0 spiro atoms. The van der Waals surface area contributed by atoms with E-state index in [-0.39, 0.29) is 23.5 Å². The van der Waals surface area contributed by atoms with Crippen molar-refractivity contribution in [3.05, 3.63) is 69.5 Å². The zero-order valence-electron chi connectivity index (χ0n) is 14.6. The number of nitrogens with one attached hydrogen (secondary N) is 2. The Labute approximate surface area is 158 Å². The van der Waals surface area contributed by atoms with Gasteiger partial charge in [0.05, 0.1) is 4.92 Å². The van der Waals surface area contributed by atoms with Crippen LogP contribution in [0.5, 0.6) is 0 Å². The average molecular weight is 389 g/mol. The molecular weight excluding hydrogens is 373 g/mol. The fourth-order valence-electron chi connectivity index (χ4n) is 2.41. The van der Waals surface area contributed by atoms with E-state index < -0.39 is 34.3 Å². The van der Waals surface area contributed by atoms with Crippen LogP contribution in [-0.4, -0.2) is 33.9 Å². The number of rotatable bonds is 7. The molecule has 28 heavy (non-hydrogen) atoms. The first-order valence-electron chi connectivity index (χ1n) is 8.01. The summed E-state index contributed by atoms with van der Waals surface area (Å²) in [7, 11) is 0. The van der Waals surface area contributed by atoms with Crippen LogP contribution < -0.4 is 10.6 Å².